The van der Waals surface area contributed by atoms with E-state index in [1.54, 1.807) is 5.51 Å². The van der Waals surface area contributed by atoms with Gasteiger partial charge >= 0.3 is 0 Å². The standard InChI is InChI=1S/C16H25N3O2S/c1-11-4-6-19(7-5-11)9-13(20)8-17-16(21)15-14(12-2-3-12)18-10-22-15/h10-13,20H,2-9H2,1H3,(H,17,21). The Hall–Kier alpha value is -0.980. The number of hydrogen-bond acceptors (Lipinski definition) is 5. The van der Waals surface area contributed by atoms with Crippen molar-refractivity contribution in [3.8, 4) is 0 Å². The smallest absolute Gasteiger partial charge is 0.263 e. The van der Waals surface area contributed by atoms with E-state index in [4.69, 9.17) is 0 Å². The molecule has 3 rings (SSSR count). The van der Waals surface area contributed by atoms with Crippen LogP contribution in [0.15, 0.2) is 5.51 Å². The average molecular weight is 323 g/mol. The SMILES string of the molecule is CC1CCN(CC(O)CNC(=O)c2scnc2C2CC2)CC1. The largest absolute Gasteiger partial charge is 0.390 e. The van der Waals surface area contributed by atoms with E-state index >= 15 is 0 Å². The molecule has 2 heterocycles. The molecule has 1 aromatic heterocycles. The van der Waals surface area contributed by atoms with Crippen molar-refractivity contribution >= 4 is 17.2 Å². The number of hydrogen-bond donors (Lipinski definition) is 2. The van der Waals surface area contributed by atoms with E-state index in [-0.39, 0.29) is 5.91 Å². The zero-order valence-electron chi connectivity index (χ0n) is 13.1. The summed E-state index contributed by atoms with van der Waals surface area (Å²) in [6.07, 6.45) is 4.17. The third-order valence-corrected chi connectivity index (χ3v) is 5.45. The van der Waals surface area contributed by atoms with Gasteiger partial charge in [0.1, 0.15) is 4.88 Å². The Morgan fingerprint density at radius 1 is 1.45 bits per heavy atom. The summed E-state index contributed by atoms with van der Waals surface area (Å²) in [5.74, 6) is 1.18. The number of likely N-dealkylation sites (tertiary alicyclic amines) is 1. The highest BCUT2D eigenvalue weighted by Gasteiger charge is 2.30. The van der Waals surface area contributed by atoms with Crippen molar-refractivity contribution in [1.29, 1.82) is 0 Å². The molecule has 1 saturated carbocycles. The van der Waals surface area contributed by atoms with Gasteiger partial charge in [0.25, 0.3) is 5.91 Å². The molecule has 2 aliphatic rings. The first-order chi connectivity index (χ1) is 10.6. The number of aliphatic hydroxyl groups is 1. The molecular formula is C16H25N3O2S. The van der Waals surface area contributed by atoms with Gasteiger partial charge in [0.2, 0.25) is 0 Å². The summed E-state index contributed by atoms with van der Waals surface area (Å²) in [6.45, 7) is 5.33. The molecule has 0 spiro atoms. The number of piperidine rings is 1. The second kappa shape index (κ2) is 7.06. The van der Waals surface area contributed by atoms with Crippen LogP contribution in [0.2, 0.25) is 0 Å². The van der Waals surface area contributed by atoms with Crippen LogP contribution in [0.5, 0.6) is 0 Å². The fourth-order valence-electron chi connectivity index (χ4n) is 2.97. The number of aromatic nitrogens is 1. The van der Waals surface area contributed by atoms with Crippen LogP contribution < -0.4 is 5.32 Å². The zero-order valence-corrected chi connectivity index (χ0v) is 13.9. The zero-order chi connectivity index (χ0) is 15.5. The fraction of sp³-hybridized carbons (Fsp3) is 0.750. The number of nitrogens with one attached hydrogen (secondary N) is 1. The first-order valence-electron chi connectivity index (χ1n) is 8.25. The Balaban J connectivity index is 1.43. The number of β-amino-alcohol motifs (C(OH)–C–C–N with tert-alkyl or cyclic N) is 1. The number of thiazole rings is 1. The summed E-state index contributed by atoms with van der Waals surface area (Å²) in [4.78, 5) is 19.6. The van der Waals surface area contributed by atoms with E-state index in [2.05, 4.69) is 22.1 Å². The summed E-state index contributed by atoms with van der Waals surface area (Å²) in [5.41, 5.74) is 2.69. The Bertz CT molecular complexity index is 507. The topological polar surface area (TPSA) is 65.5 Å². The van der Waals surface area contributed by atoms with Crippen LogP contribution in [0.4, 0.5) is 0 Å². The number of carbonyl (C=O) groups excluding carboxylic acids is 1. The molecule has 122 valence electrons. The van der Waals surface area contributed by atoms with Crippen molar-refractivity contribution in [2.75, 3.05) is 26.2 Å². The molecule has 6 heteroatoms. The van der Waals surface area contributed by atoms with Crippen LogP contribution in [-0.4, -0.2) is 53.2 Å². The second-order valence-electron chi connectivity index (χ2n) is 6.69. The van der Waals surface area contributed by atoms with Crippen molar-refractivity contribution < 1.29 is 9.90 Å². The molecule has 2 fully saturated rings. The first kappa shape index (κ1) is 15.9. The van der Waals surface area contributed by atoms with Gasteiger partial charge in [0.05, 0.1) is 17.3 Å². The molecule has 2 N–H and O–H groups in total. The molecule has 1 aliphatic carbocycles. The maximum atomic E-state index is 12.2. The number of carbonyl (C=O) groups is 1. The van der Waals surface area contributed by atoms with Crippen LogP contribution in [0, 0.1) is 5.92 Å². The molecule has 1 aromatic rings. The molecule has 5 nitrogen and oxygen atoms in total. The van der Waals surface area contributed by atoms with Gasteiger partial charge in [-0.2, -0.15) is 0 Å². The number of nitrogens with zero attached hydrogens (tertiary/aromatic N) is 2. The van der Waals surface area contributed by atoms with Gasteiger partial charge in [0.15, 0.2) is 0 Å². The fourth-order valence-corrected chi connectivity index (χ4v) is 3.76. The van der Waals surface area contributed by atoms with E-state index in [1.165, 1.54) is 24.2 Å². The molecule has 0 radical (unpaired) electrons. The summed E-state index contributed by atoms with van der Waals surface area (Å²) in [6, 6.07) is 0. The molecule has 1 atom stereocenters. The molecule has 1 unspecified atom stereocenters. The molecule has 1 saturated heterocycles. The average Bonchev–Trinajstić information content (AvgIpc) is 3.24. The van der Waals surface area contributed by atoms with Crippen LogP contribution in [0.1, 0.15) is 53.9 Å². The minimum absolute atomic E-state index is 0.0873. The van der Waals surface area contributed by atoms with Crippen LogP contribution in [-0.2, 0) is 0 Å². The van der Waals surface area contributed by atoms with Crippen molar-refractivity contribution in [3.05, 3.63) is 16.1 Å². The predicted molar refractivity (Wildman–Crippen MR) is 87.3 cm³/mol. The lowest BCUT2D eigenvalue weighted by atomic mass is 9.99. The lowest BCUT2D eigenvalue weighted by Gasteiger charge is -2.31. The highest BCUT2D eigenvalue weighted by molar-refractivity contribution is 7.11. The number of aliphatic hydroxyl groups excluding tert-OH is 1. The summed E-state index contributed by atoms with van der Waals surface area (Å²) in [7, 11) is 0. The molecule has 0 aromatic carbocycles. The highest BCUT2D eigenvalue weighted by Crippen LogP contribution is 2.41. The minimum atomic E-state index is -0.505. The minimum Gasteiger partial charge on any atom is -0.390 e. The Kier molecular flexibility index (Phi) is 5.10. The Morgan fingerprint density at radius 3 is 2.86 bits per heavy atom. The number of amides is 1. The maximum Gasteiger partial charge on any atom is 0.263 e. The van der Waals surface area contributed by atoms with Crippen molar-refractivity contribution in [3.63, 3.8) is 0 Å². The summed E-state index contributed by atoms with van der Waals surface area (Å²) >= 11 is 1.40. The van der Waals surface area contributed by atoms with Gasteiger partial charge in [-0.25, -0.2) is 4.98 Å². The van der Waals surface area contributed by atoms with E-state index in [0.29, 0.717) is 19.0 Å². The molecular weight excluding hydrogens is 298 g/mol. The van der Waals surface area contributed by atoms with E-state index < -0.39 is 6.10 Å². The lowest BCUT2D eigenvalue weighted by Crippen LogP contribution is -2.43. The maximum absolute atomic E-state index is 12.2. The molecule has 22 heavy (non-hydrogen) atoms. The number of rotatable bonds is 6. The van der Waals surface area contributed by atoms with Gasteiger partial charge in [-0.05, 0) is 44.7 Å². The molecule has 0 bridgehead atoms. The lowest BCUT2D eigenvalue weighted by molar-refractivity contribution is 0.0797. The van der Waals surface area contributed by atoms with Gasteiger partial charge < -0.3 is 15.3 Å². The second-order valence-corrected chi connectivity index (χ2v) is 7.54. The third kappa shape index (κ3) is 4.06. The van der Waals surface area contributed by atoms with Crippen molar-refractivity contribution in [2.45, 2.75) is 44.6 Å². The van der Waals surface area contributed by atoms with Crippen LogP contribution in [0.25, 0.3) is 0 Å². The van der Waals surface area contributed by atoms with E-state index in [0.717, 1.165) is 42.4 Å². The van der Waals surface area contributed by atoms with Gasteiger partial charge in [0, 0.05) is 19.0 Å². The Morgan fingerprint density at radius 2 is 2.18 bits per heavy atom. The van der Waals surface area contributed by atoms with Crippen molar-refractivity contribution in [1.82, 2.24) is 15.2 Å². The van der Waals surface area contributed by atoms with Crippen molar-refractivity contribution in [2.24, 2.45) is 5.92 Å². The van der Waals surface area contributed by atoms with E-state index in [9.17, 15) is 9.90 Å². The van der Waals surface area contributed by atoms with Gasteiger partial charge in [-0.15, -0.1) is 11.3 Å². The first-order valence-corrected chi connectivity index (χ1v) is 9.13. The van der Waals surface area contributed by atoms with Crippen LogP contribution in [0.3, 0.4) is 0 Å². The predicted octanol–water partition coefficient (Wildman–Crippen LogP) is 1.84. The molecule has 1 amide bonds. The normalized spacial score (nSPS) is 21.7. The van der Waals surface area contributed by atoms with Gasteiger partial charge in [-0.1, -0.05) is 6.92 Å². The quantitative estimate of drug-likeness (QED) is 0.838. The van der Waals surface area contributed by atoms with E-state index in [1.807, 2.05) is 0 Å². The Labute approximate surface area is 135 Å². The third-order valence-electron chi connectivity index (χ3n) is 4.61. The highest BCUT2D eigenvalue weighted by atomic mass is 32.1. The summed E-state index contributed by atoms with van der Waals surface area (Å²) in [5, 5.41) is 13.0. The van der Waals surface area contributed by atoms with Gasteiger partial charge in [-0.3, -0.25) is 4.79 Å². The molecule has 1 aliphatic heterocycles. The monoisotopic (exact) mass is 323 g/mol. The summed E-state index contributed by atoms with van der Waals surface area (Å²) < 4.78 is 0. The van der Waals surface area contributed by atoms with Crippen LogP contribution >= 0.6 is 11.3 Å².